The van der Waals surface area contributed by atoms with Crippen molar-refractivity contribution in [2.45, 2.75) is 20.4 Å². The highest BCUT2D eigenvalue weighted by Gasteiger charge is 2.06. The normalized spacial score (nSPS) is 11.6. The summed E-state index contributed by atoms with van der Waals surface area (Å²) in [6.07, 6.45) is 0. The monoisotopic (exact) mass is 215 g/mol. The fourth-order valence-electron chi connectivity index (χ4n) is 0.807. The SMILES string of the molecule is CCS(=O)(=O)NCc1ccc(C)nn1. The first kappa shape index (κ1) is 11.1. The minimum absolute atomic E-state index is 0.0757. The number of hydrogen-bond acceptors (Lipinski definition) is 4. The molecule has 14 heavy (non-hydrogen) atoms. The van der Waals surface area contributed by atoms with Crippen LogP contribution in [0.4, 0.5) is 0 Å². The summed E-state index contributed by atoms with van der Waals surface area (Å²) in [5, 5.41) is 7.66. The van der Waals surface area contributed by atoms with Gasteiger partial charge in [-0.3, -0.25) is 0 Å². The minimum Gasteiger partial charge on any atom is -0.212 e. The molecule has 0 unspecified atom stereocenters. The summed E-state index contributed by atoms with van der Waals surface area (Å²) in [5.74, 6) is 0.0757. The van der Waals surface area contributed by atoms with Crippen LogP contribution < -0.4 is 4.72 Å². The summed E-state index contributed by atoms with van der Waals surface area (Å²) >= 11 is 0. The standard InChI is InChI=1S/C8H13N3O2S/c1-3-14(12,13)9-6-8-5-4-7(2)10-11-8/h4-5,9H,3,6H2,1-2H3. The highest BCUT2D eigenvalue weighted by Crippen LogP contribution is 1.95. The second kappa shape index (κ2) is 4.47. The maximum Gasteiger partial charge on any atom is 0.211 e. The van der Waals surface area contributed by atoms with Gasteiger partial charge in [-0.1, -0.05) is 0 Å². The van der Waals surface area contributed by atoms with Crippen LogP contribution in [0.1, 0.15) is 18.3 Å². The molecular formula is C8H13N3O2S. The van der Waals surface area contributed by atoms with Crippen LogP contribution in [-0.2, 0) is 16.6 Å². The molecule has 0 radical (unpaired) electrons. The van der Waals surface area contributed by atoms with Crippen LogP contribution in [0.2, 0.25) is 0 Å². The lowest BCUT2D eigenvalue weighted by molar-refractivity contribution is 0.581. The van der Waals surface area contributed by atoms with Crippen LogP contribution in [0.15, 0.2) is 12.1 Å². The Hall–Kier alpha value is -1.01. The second-order valence-electron chi connectivity index (χ2n) is 2.89. The van der Waals surface area contributed by atoms with Crippen LogP contribution in [0.5, 0.6) is 0 Å². The van der Waals surface area contributed by atoms with E-state index in [1.165, 1.54) is 0 Å². The zero-order chi connectivity index (χ0) is 10.6. The lowest BCUT2D eigenvalue weighted by Crippen LogP contribution is -2.25. The van der Waals surface area contributed by atoms with Crippen LogP contribution >= 0.6 is 0 Å². The van der Waals surface area contributed by atoms with Crippen LogP contribution in [-0.4, -0.2) is 24.4 Å². The zero-order valence-corrected chi connectivity index (χ0v) is 9.00. The van der Waals surface area contributed by atoms with E-state index in [2.05, 4.69) is 14.9 Å². The molecule has 78 valence electrons. The lowest BCUT2D eigenvalue weighted by Gasteiger charge is -2.02. The number of nitrogens with zero attached hydrogens (tertiary/aromatic N) is 2. The molecule has 1 N–H and O–H groups in total. The predicted octanol–water partition coefficient (Wildman–Crippen LogP) is 0.224. The van der Waals surface area contributed by atoms with Gasteiger partial charge in [0.25, 0.3) is 0 Å². The molecule has 0 saturated carbocycles. The van der Waals surface area contributed by atoms with E-state index in [0.717, 1.165) is 5.69 Å². The van der Waals surface area contributed by atoms with Crippen LogP contribution in [0, 0.1) is 6.92 Å². The molecule has 1 heterocycles. The van der Waals surface area contributed by atoms with Crippen molar-refractivity contribution in [1.29, 1.82) is 0 Å². The second-order valence-corrected chi connectivity index (χ2v) is 4.99. The van der Waals surface area contributed by atoms with Crippen molar-refractivity contribution in [1.82, 2.24) is 14.9 Å². The average molecular weight is 215 g/mol. The van der Waals surface area contributed by atoms with E-state index in [4.69, 9.17) is 0 Å². The Morgan fingerprint density at radius 3 is 2.57 bits per heavy atom. The third-order valence-electron chi connectivity index (χ3n) is 1.71. The molecule has 0 atom stereocenters. The molecule has 1 rings (SSSR count). The molecule has 1 aromatic heterocycles. The van der Waals surface area contributed by atoms with E-state index in [9.17, 15) is 8.42 Å². The Kier molecular flexibility index (Phi) is 3.54. The summed E-state index contributed by atoms with van der Waals surface area (Å²) < 4.78 is 24.6. The van der Waals surface area contributed by atoms with Crippen molar-refractivity contribution in [2.75, 3.05) is 5.75 Å². The van der Waals surface area contributed by atoms with E-state index in [0.29, 0.717) is 5.69 Å². The van der Waals surface area contributed by atoms with Gasteiger partial charge in [0.2, 0.25) is 10.0 Å². The highest BCUT2D eigenvalue weighted by atomic mass is 32.2. The van der Waals surface area contributed by atoms with Crippen molar-refractivity contribution >= 4 is 10.0 Å². The Morgan fingerprint density at radius 2 is 2.07 bits per heavy atom. The first-order valence-electron chi connectivity index (χ1n) is 4.30. The molecule has 0 aliphatic rings. The molecule has 0 bridgehead atoms. The first-order chi connectivity index (χ1) is 6.53. The zero-order valence-electron chi connectivity index (χ0n) is 8.19. The van der Waals surface area contributed by atoms with Crippen LogP contribution in [0.3, 0.4) is 0 Å². The van der Waals surface area contributed by atoms with Gasteiger partial charge in [0.15, 0.2) is 0 Å². The van der Waals surface area contributed by atoms with Crippen LogP contribution in [0.25, 0.3) is 0 Å². The molecule has 5 nitrogen and oxygen atoms in total. The fourth-order valence-corrected chi connectivity index (χ4v) is 1.38. The number of rotatable bonds is 4. The molecule has 0 saturated heterocycles. The summed E-state index contributed by atoms with van der Waals surface area (Å²) in [5.41, 5.74) is 1.43. The van der Waals surface area contributed by atoms with Gasteiger partial charge in [-0.25, -0.2) is 13.1 Å². The minimum atomic E-state index is -3.15. The number of aromatic nitrogens is 2. The summed E-state index contributed by atoms with van der Waals surface area (Å²) in [4.78, 5) is 0. The molecule has 6 heteroatoms. The maximum absolute atomic E-state index is 11.1. The Morgan fingerprint density at radius 1 is 1.36 bits per heavy atom. The van der Waals surface area contributed by atoms with Crippen molar-refractivity contribution < 1.29 is 8.42 Å². The number of nitrogens with one attached hydrogen (secondary N) is 1. The van der Waals surface area contributed by atoms with E-state index in [1.807, 2.05) is 6.92 Å². The Bertz CT molecular complexity index is 386. The number of aryl methyl sites for hydroxylation is 1. The first-order valence-corrected chi connectivity index (χ1v) is 5.95. The van der Waals surface area contributed by atoms with Gasteiger partial charge >= 0.3 is 0 Å². The van der Waals surface area contributed by atoms with E-state index in [-0.39, 0.29) is 12.3 Å². The molecule has 0 spiro atoms. The van der Waals surface area contributed by atoms with Gasteiger partial charge in [-0.2, -0.15) is 10.2 Å². The summed E-state index contributed by atoms with van der Waals surface area (Å²) in [6.45, 7) is 3.61. The fraction of sp³-hybridized carbons (Fsp3) is 0.500. The topological polar surface area (TPSA) is 72.0 Å². The van der Waals surface area contributed by atoms with Gasteiger partial charge in [0.05, 0.1) is 23.7 Å². The predicted molar refractivity (Wildman–Crippen MR) is 53.1 cm³/mol. The molecule has 1 aromatic rings. The third-order valence-corrected chi connectivity index (χ3v) is 3.05. The largest absolute Gasteiger partial charge is 0.212 e. The van der Waals surface area contributed by atoms with Crippen molar-refractivity contribution in [3.05, 3.63) is 23.5 Å². The van der Waals surface area contributed by atoms with Gasteiger partial charge in [-0.15, -0.1) is 0 Å². The number of hydrogen-bond donors (Lipinski definition) is 1. The van der Waals surface area contributed by atoms with Crippen molar-refractivity contribution in [3.63, 3.8) is 0 Å². The van der Waals surface area contributed by atoms with Gasteiger partial charge in [0.1, 0.15) is 0 Å². The van der Waals surface area contributed by atoms with Gasteiger partial charge < -0.3 is 0 Å². The molecule has 0 fully saturated rings. The number of sulfonamides is 1. The third kappa shape index (κ3) is 3.39. The van der Waals surface area contributed by atoms with Gasteiger partial charge in [0, 0.05) is 0 Å². The smallest absolute Gasteiger partial charge is 0.211 e. The van der Waals surface area contributed by atoms with E-state index in [1.54, 1.807) is 19.1 Å². The van der Waals surface area contributed by atoms with E-state index < -0.39 is 10.0 Å². The summed E-state index contributed by atoms with van der Waals surface area (Å²) in [6, 6.07) is 3.54. The van der Waals surface area contributed by atoms with E-state index >= 15 is 0 Å². The molecule has 0 amide bonds. The van der Waals surface area contributed by atoms with Gasteiger partial charge in [-0.05, 0) is 26.0 Å². The van der Waals surface area contributed by atoms with Crippen molar-refractivity contribution in [2.24, 2.45) is 0 Å². The molecule has 0 aromatic carbocycles. The molecular weight excluding hydrogens is 202 g/mol. The lowest BCUT2D eigenvalue weighted by atomic mass is 10.3. The molecule has 0 aliphatic heterocycles. The maximum atomic E-state index is 11.1. The quantitative estimate of drug-likeness (QED) is 0.780. The Balaban J connectivity index is 2.59. The Labute approximate surface area is 83.6 Å². The molecule has 0 aliphatic carbocycles. The highest BCUT2D eigenvalue weighted by molar-refractivity contribution is 7.89. The summed E-state index contributed by atoms with van der Waals surface area (Å²) in [7, 11) is -3.15. The van der Waals surface area contributed by atoms with Crippen molar-refractivity contribution in [3.8, 4) is 0 Å². The average Bonchev–Trinajstić information content (AvgIpc) is 2.17.